The second kappa shape index (κ2) is 6.06. The Morgan fingerprint density at radius 1 is 1.25 bits per heavy atom. The van der Waals surface area contributed by atoms with Crippen LogP contribution in [-0.4, -0.2) is 23.5 Å². The number of carbonyl (C=O) groups is 2. The van der Waals surface area contributed by atoms with Crippen molar-refractivity contribution in [2.75, 3.05) is 11.4 Å². The third-order valence-electron chi connectivity index (χ3n) is 2.84. The minimum Gasteiger partial charge on any atom is -0.481 e. The molecule has 0 bridgehead atoms. The van der Waals surface area contributed by atoms with E-state index in [1.165, 1.54) is 11.2 Å². The number of aryl methyl sites for hydroxylation is 1. The molecular weight excluding hydrogens is 258 g/mol. The number of carboxylic acid groups (broad SMARTS) is 1. The lowest BCUT2D eigenvalue weighted by atomic mass is 10.2. The summed E-state index contributed by atoms with van der Waals surface area (Å²) in [4.78, 5) is 24.5. The lowest BCUT2D eigenvalue weighted by molar-refractivity contribution is -0.136. The number of carbonyl (C=O) groups excluding carboxylic acids is 1. The fourth-order valence-corrected chi connectivity index (χ4v) is 1.88. The van der Waals surface area contributed by atoms with Crippen molar-refractivity contribution in [2.45, 2.75) is 13.3 Å². The largest absolute Gasteiger partial charge is 0.481 e. The first-order chi connectivity index (χ1) is 9.58. The number of anilines is 1. The smallest absolute Gasteiger partial charge is 0.305 e. The molecule has 1 aromatic heterocycles. The van der Waals surface area contributed by atoms with Crippen molar-refractivity contribution >= 4 is 17.6 Å². The van der Waals surface area contributed by atoms with Gasteiger partial charge in [-0.05, 0) is 36.8 Å². The molecule has 0 aliphatic rings. The third-order valence-corrected chi connectivity index (χ3v) is 2.84. The molecule has 5 nitrogen and oxygen atoms in total. The molecule has 0 aliphatic heterocycles. The summed E-state index contributed by atoms with van der Waals surface area (Å²) in [6, 6.07) is 10.5. The Morgan fingerprint density at radius 3 is 2.65 bits per heavy atom. The average molecular weight is 273 g/mol. The second-order valence-electron chi connectivity index (χ2n) is 4.42. The van der Waals surface area contributed by atoms with Crippen LogP contribution in [0.15, 0.2) is 47.1 Å². The van der Waals surface area contributed by atoms with Gasteiger partial charge in [0.05, 0.1) is 12.7 Å². The molecule has 0 unspecified atom stereocenters. The van der Waals surface area contributed by atoms with Gasteiger partial charge >= 0.3 is 5.97 Å². The van der Waals surface area contributed by atoms with E-state index >= 15 is 0 Å². The Bertz CT molecular complexity index is 604. The molecule has 1 heterocycles. The summed E-state index contributed by atoms with van der Waals surface area (Å²) in [5.74, 6) is -1.10. The average Bonchev–Trinajstić information content (AvgIpc) is 2.92. The molecule has 0 spiro atoms. The van der Waals surface area contributed by atoms with E-state index < -0.39 is 5.97 Å². The SMILES string of the molecule is Cc1cccc(N(CCC(=O)O)C(=O)c2ccco2)c1. The monoisotopic (exact) mass is 273 g/mol. The van der Waals surface area contributed by atoms with E-state index in [0.29, 0.717) is 5.69 Å². The van der Waals surface area contributed by atoms with Gasteiger partial charge in [0, 0.05) is 12.2 Å². The molecular formula is C15H15NO4. The summed E-state index contributed by atoms with van der Waals surface area (Å²) < 4.78 is 5.10. The van der Waals surface area contributed by atoms with Crippen molar-refractivity contribution in [3.05, 3.63) is 54.0 Å². The van der Waals surface area contributed by atoms with Crippen molar-refractivity contribution in [3.63, 3.8) is 0 Å². The zero-order valence-electron chi connectivity index (χ0n) is 11.1. The highest BCUT2D eigenvalue weighted by atomic mass is 16.4. The van der Waals surface area contributed by atoms with Crippen molar-refractivity contribution in [1.29, 1.82) is 0 Å². The number of hydrogen-bond acceptors (Lipinski definition) is 3. The highest BCUT2D eigenvalue weighted by Gasteiger charge is 2.20. The maximum absolute atomic E-state index is 12.4. The van der Waals surface area contributed by atoms with Gasteiger partial charge in [-0.15, -0.1) is 0 Å². The molecule has 0 saturated heterocycles. The van der Waals surface area contributed by atoms with E-state index in [0.717, 1.165) is 5.56 Å². The molecule has 0 radical (unpaired) electrons. The predicted octanol–water partition coefficient (Wildman–Crippen LogP) is 2.71. The van der Waals surface area contributed by atoms with Crippen LogP contribution in [0.4, 0.5) is 5.69 Å². The third kappa shape index (κ3) is 3.26. The lowest BCUT2D eigenvalue weighted by Crippen LogP contribution is -2.32. The van der Waals surface area contributed by atoms with Gasteiger partial charge in [0.15, 0.2) is 5.76 Å². The van der Waals surface area contributed by atoms with Crippen LogP contribution >= 0.6 is 0 Å². The van der Waals surface area contributed by atoms with Crippen LogP contribution in [0.25, 0.3) is 0 Å². The minimum atomic E-state index is -0.949. The van der Waals surface area contributed by atoms with E-state index in [1.807, 2.05) is 25.1 Å². The molecule has 20 heavy (non-hydrogen) atoms. The summed E-state index contributed by atoms with van der Waals surface area (Å²) in [7, 11) is 0. The Morgan fingerprint density at radius 2 is 2.05 bits per heavy atom. The van der Waals surface area contributed by atoms with Gasteiger partial charge in [-0.25, -0.2) is 0 Å². The summed E-state index contributed by atoms with van der Waals surface area (Å²) in [5, 5.41) is 8.81. The summed E-state index contributed by atoms with van der Waals surface area (Å²) in [6.07, 6.45) is 1.29. The number of hydrogen-bond donors (Lipinski definition) is 1. The first-order valence-corrected chi connectivity index (χ1v) is 6.22. The Balaban J connectivity index is 2.29. The van der Waals surface area contributed by atoms with Crippen LogP contribution in [0.5, 0.6) is 0 Å². The van der Waals surface area contributed by atoms with Gasteiger partial charge in [-0.3, -0.25) is 9.59 Å². The molecule has 0 aliphatic carbocycles. The number of rotatable bonds is 5. The van der Waals surface area contributed by atoms with Gasteiger partial charge in [-0.2, -0.15) is 0 Å². The van der Waals surface area contributed by atoms with E-state index in [2.05, 4.69) is 0 Å². The summed E-state index contributed by atoms with van der Waals surface area (Å²) in [6.45, 7) is 2.01. The Kier molecular flexibility index (Phi) is 4.20. The molecule has 2 aromatic rings. The van der Waals surface area contributed by atoms with Crippen molar-refractivity contribution < 1.29 is 19.1 Å². The predicted molar refractivity (Wildman–Crippen MR) is 73.8 cm³/mol. The maximum atomic E-state index is 12.4. The number of nitrogens with zero attached hydrogens (tertiary/aromatic N) is 1. The zero-order valence-corrected chi connectivity index (χ0v) is 11.1. The van der Waals surface area contributed by atoms with E-state index in [9.17, 15) is 9.59 Å². The van der Waals surface area contributed by atoms with Crippen LogP contribution in [-0.2, 0) is 4.79 Å². The maximum Gasteiger partial charge on any atom is 0.305 e. The second-order valence-corrected chi connectivity index (χ2v) is 4.42. The number of furan rings is 1. The standard InChI is InChI=1S/C15H15NO4/c1-11-4-2-5-12(10-11)16(8-7-14(17)18)15(19)13-6-3-9-20-13/h2-6,9-10H,7-8H2,1H3,(H,17,18). The minimum absolute atomic E-state index is 0.0956. The van der Waals surface area contributed by atoms with E-state index in [4.69, 9.17) is 9.52 Å². The summed E-state index contributed by atoms with van der Waals surface area (Å²) in [5.41, 5.74) is 1.66. The number of carboxylic acids is 1. The molecule has 0 saturated carbocycles. The quantitative estimate of drug-likeness (QED) is 0.909. The van der Waals surface area contributed by atoms with Crippen LogP contribution in [0.1, 0.15) is 22.5 Å². The van der Waals surface area contributed by atoms with Crippen LogP contribution in [0.2, 0.25) is 0 Å². The van der Waals surface area contributed by atoms with Crippen LogP contribution < -0.4 is 4.90 Å². The normalized spacial score (nSPS) is 10.2. The van der Waals surface area contributed by atoms with Gasteiger partial charge < -0.3 is 14.4 Å². The van der Waals surface area contributed by atoms with Gasteiger partial charge in [0.2, 0.25) is 0 Å². The van der Waals surface area contributed by atoms with Crippen LogP contribution in [0, 0.1) is 6.92 Å². The lowest BCUT2D eigenvalue weighted by Gasteiger charge is -2.21. The fourth-order valence-electron chi connectivity index (χ4n) is 1.88. The number of benzene rings is 1. The van der Waals surface area contributed by atoms with E-state index in [1.54, 1.807) is 18.2 Å². The Labute approximate surface area is 116 Å². The number of aliphatic carboxylic acids is 1. The van der Waals surface area contributed by atoms with Gasteiger partial charge in [-0.1, -0.05) is 12.1 Å². The molecule has 1 amide bonds. The van der Waals surface area contributed by atoms with Gasteiger partial charge in [0.25, 0.3) is 5.91 Å². The van der Waals surface area contributed by atoms with Crippen molar-refractivity contribution in [1.82, 2.24) is 0 Å². The van der Waals surface area contributed by atoms with Crippen molar-refractivity contribution in [2.24, 2.45) is 0 Å². The summed E-state index contributed by atoms with van der Waals surface area (Å²) >= 11 is 0. The molecule has 0 fully saturated rings. The molecule has 2 rings (SSSR count). The highest BCUT2D eigenvalue weighted by molar-refractivity contribution is 6.04. The van der Waals surface area contributed by atoms with Crippen LogP contribution in [0.3, 0.4) is 0 Å². The topological polar surface area (TPSA) is 70.8 Å². The van der Waals surface area contributed by atoms with E-state index in [-0.39, 0.29) is 24.6 Å². The highest BCUT2D eigenvalue weighted by Crippen LogP contribution is 2.19. The molecule has 5 heteroatoms. The van der Waals surface area contributed by atoms with Crippen molar-refractivity contribution in [3.8, 4) is 0 Å². The van der Waals surface area contributed by atoms with Gasteiger partial charge in [0.1, 0.15) is 0 Å². The molecule has 1 N–H and O–H groups in total. The first kappa shape index (κ1) is 13.9. The Hall–Kier alpha value is -2.56. The first-order valence-electron chi connectivity index (χ1n) is 6.22. The zero-order chi connectivity index (χ0) is 14.5. The fraction of sp³-hybridized carbons (Fsp3) is 0.200. The molecule has 0 atom stereocenters. The number of amides is 1. The molecule has 104 valence electrons. The molecule has 1 aromatic carbocycles.